The van der Waals surface area contributed by atoms with Crippen molar-refractivity contribution in [3.63, 3.8) is 0 Å². The van der Waals surface area contributed by atoms with Gasteiger partial charge in [0.1, 0.15) is 0 Å². The maximum absolute atomic E-state index is 12.5. The van der Waals surface area contributed by atoms with E-state index in [1.165, 1.54) is 0 Å². The number of pyridine rings is 1. The molecular formula is C17H18N4O. The first-order valence-electron chi connectivity index (χ1n) is 7.44. The van der Waals surface area contributed by atoms with Crippen molar-refractivity contribution in [2.24, 2.45) is 10.3 Å². The van der Waals surface area contributed by atoms with E-state index < -0.39 is 0 Å². The molecule has 0 fully saturated rings. The van der Waals surface area contributed by atoms with Crippen LogP contribution < -0.4 is 5.43 Å². The van der Waals surface area contributed by atoms with E-state index >= 15 is 0 Å². The van der Waals surface area contributed by atoms with E-state index in [2.05, 4.69) is 15.3 Å². The Morgan fingerprint density at radius 2 is 1.73 bits per heavy atom. The van der Waals surface area contributed by atoms with Gasteiger partial charge in [-0.1, -0.05) is 17.4 Å². The van der Waals surface area contributed by atoms with Crippen LogP contribution in [-0.2, 0) is 0 Å². The monoisotopic (exact) mass is 294 g/mol. The number of nitrogens with one attached hydrogen (secondary N) is 1. The average Bonchev–Trinajstić information content (AvgIpc) is 2.56. The second-order valence-corrected chi connectivity index (χ2v) is 5.06. The number of hydrogen-bond donors (Lipinski definition) is 1. The molecule has 0 saturated heterocycles. The predicted octanol–water partition coefficient (Wildman–Crippen LogP) is 4.02. The molecule has 1 N–H and O–H groups in total. The standard InChI is InChI=1S/C17H18N4O/c1-3-21(4-2)20-19-12-9-10-14-16(11-12)18-15-8-6-5-7-13(15)17(14)22/h5-11H,3-4H2,1-2H3,(H,18,22). The molecule has 3 aromatic rings. The molecule has 0 unspecified atom stereocenters. The van der Waals surface area contributed by atoms with Gasteiger partial charge in [-0.3, -0.25) is 9.80 Å². The van der Waals surface area contributed by atoms with E-state index in [0.717, 1.165) is 29.8 Å². The van der Waals surface area contributed by atoms with E-state index in [-0.39, 0.29) is 5.43 Å². The Labute approximate surface area is 128 Å². The molecule has 1 heterocycles. The van der Waals surface area contributed by atoms with Crippen LogP contribution in [0.4, 0.5) is 5.69 Å². The fourth-order valence-corrected chi connectivity index (χ4v) is 2.44. The average molecular weight is 294 g/mol. The van der Waals surface area contributed by atoms with Gasteiger partial charge in [-0.25, -0.2) is 0 Å². The molecule has 0 aliphatic heterocycles. The van der Waals surface area contributed by atoms with Crippen LogP contribution in [0.25, 0.3) is 21.8 Å². The predicted molar refractivity (Wildman–Crippen MR) is 89.5 cm³/mol. The van der Waals surface area contributed by atoms with E-state index in [1.54, 1.807) is 6.07 Å². The number of hydrogen-bond acceptors (Lipinski definition) is 3. The number of rotatable bonds is 4. The Kier molecular flexibility index (Phi) is 3.87. The molecule has 1 aromatic heterocycles. The van der Waals surface area contributed by atoms with Crippen molar-refractivity contribution in [3.8, 4) is 0 Å². The Hall–Kier alpha value is -2.69. The van der Waals surface area contributed by atoms with E-state index in [9.17, 15) is 4.79 Å². The zero-order valence-electron chi connectivity index (χ0n) is 12.7. The highest BCUT2D eigenvalue weighted by molar-refractivity contribution is 5.93. The fraction of sp³-hybridized carbons (Fsp3) is 0.235. The summed E-state index contributed by atoms with van der Waals surface area (Å²) in [7, 11) is 0. The number of aromatic amines is 1. The van der Waals surface area contributed by atoms with Crippen LogP contribution in [0, 0.1) is 0 Å². The summed E-state index contributed by atoms with van der Waals surface area (Å²) >= 11 is 0. The van der Waals surface area contributed by atoms with Crippen molar-refractivity contribution in [1.82, 2.24) is 9.99 Å². The SMILES string of the molecule is CCN(CC)N=Nc1ccc2c(=O)c3ccccc3[nH]c2c1. The van der Waals surface area contributed by atoms with Gasteiger partial charge in [-0.15, -0.1) is 5.11 Å². The normalized spacial score (nSPS) is 11.5. The number of nitrogens with zero attached hydrogens (tertiary/aromatic N) is 3. The summed E-state index contributed by atoms with van der Waals surface area (Å²) in [5, 5.41) is 11.7. The van der Waals surface area contributed by atoms with Gasteiger partial charge in [0.05, 0.1) is 11.2 Å². The van der Waals surface area contributed by atoms with E-state index in [4.69, 9.17) is 0 Å². The zero-order chi connectivity index (χ0) is 15.5. The van der Waals surface area contributed by atoms with Crippen LogP contribution >= 0.6 is 0 Å². The molecule has 0 spiro atoms. The number of benzene rings is 2. The highest BCUT2D eigenvalue weighted by Gasteiger charge is 2.05. The second-order valence-electron chi connectivity index (χ2n) is 5.06. The number of para-hydroxylation sites is 1. The third kappa shape index (κ3) is 2.57. The molecule has 0 radical (unpaired) electrons. The van der Waals surface area contributed by atoms with Crippen LogP contribution in [0.1, 0.15) is 13.8 Å². The van der Waals surface area contributed by atoms with Gasteiger partial charge in [0.25, 0.3) is 0 Å². The summed E-state index contributed by atoms with van der Waals surface area (Å²) in [6, 6.07) is 13.0. The van der Waals surface area contributed by atoms with Gasteiger partial charge in [-0.2, -0.15) is 0 Å². The Morgan fingerprint density at radius 3 is 2.50 bits per heavy atom. The summed E-state index contributed by atoms with van der Waals surface area (Å²) in [6.07, 6.45) is 0. The minimum absolute atomic E-state index is 0.0385. The molecule has 0 aliphatic rings. The quantitative estimate of drug-likeness (QED) is 0.449. The van der Waals surface area contributed by atoms with Gasteiger partial charge in [-0.05, 0) is 44.2 Å². The fourth-order valence-electron chi connectivity index (χ4n) is 2.44. The first-order chi connectivity index (χ1) is 10.7. The lowest BCUT2D eigenvalue weighted by atomic mass is 10.1. The maximum atomic E-state index is 12.5. The van der Waals surface area contributed by atoms with Gasteiger partial charge < -0.3 is 4.98 Å². The first kappa shape index (κ1) is 14.3. The minimum Gasteiger partial charge on any atom is -0.354 e. The van der Waals surface area contributed by atoms with E-state index in [0.29, 0.717) is 10.8 Å². The molecule has 0 aliphatic carbocycles. The van der Waals surface area contributed by atoms with Gasteiger partial charge in [0.15, 0.2) is 5.43 Å². The summed E-state index contributed by atoms with van der Waals surface area (Å²) in [4.78, 5) is 15.8. The lowest BCUT2D eigenvalue weighted by molar-refractivity contribution is 0.301. The zero-order valence-corrected chi connectivity index (χ0v) is 12.7. The highest BCUT2D eigenvalue weighted by Crippen LogP contribution is 2.20. The smallest absolute Gasteiger partial charge is 0.197 e. The summed E-state index contributed by atoms with van der Waals surface area (Å²) < 4.78 is 0. The highest BCUT2D eigenvalue weighted by atomic mass is 16.1. The Morgan fingerprint density at radius 1 is 1.00 bits per heavy atom. The van der Waals surface area contributed by atoms with Gasteiger partial charge >= 0.3 is 0 Å². The molecule has 112 valence electrons. The summed E-state index contributed by atoms with van der Waals surface area (Å²) in [5.41, 5.74) is 2.37. The molecule has 5 heteroatoms. The number of H-pyrrole nitrogens is 1. The van der Waals surface area contributed by atoms with Crippen molar-refractivity contribution in [2.45, 2.75) is 13.8 Å². The molecule has 0 amide bonds. The van der Waals surface area contributed by atoms with Crippen molar-refractivity contribution in [3.05, 3.63) is 52.7 Å². The molecule has 0 saturated carbocycles. The number of fused-ring (bicyclic) bond motifs is 2. The third-order valence-electron chi connectivity index (χ3n) is 3.71. The molecule has 0 atom stereocenters. The number of aromatic nitrogens is 1. The van der Waals surface area contributed by atoms with Crippen LogP contribution in [0.3, 0.4) is 0 Å². The van der Waals surface area contributed by atoms with Crippen molar-refractivity contribution in [1.29, 1.82) is 0 Å². The molecule has 2 aromatic carbocycles. The van der Waals surface area contributed by atoms with Crippen LogP contribution in [0.5, 0.6) is 0 Å². The van der Waals surface area contributed by atoms with Crippen LogP contribution in [0.2, 0.25) is 0 Å². The molecule has 3 rings (SSSR count). The van der Waals surface area contributed by atoms with Gasteiger partial charge in [0, 0.05) is 29.4 Å². The Balaban J connectivity index is 2.10. The minimum atomic E-state index is 0.0385. The molecule has 22 heavy (non-hydrogen) atoms. The second kappa shape index (κ2) is 5.97. The van der Waals surface area contributed by atoms with Crippen molar-refractivity contribution in [2.75, 3.05) is 13.1 Å². The maximum Gasteiger partial charge on any atom is 0.197 e. The summed E-state index contributed by atoms with van der Waals surface area (Å²) in [6.45, 7) is 5.70. The topological polar surface area (TPSA) is 60.8 Å². The first-order valence-corrected chi connectivity index (χ1v) is 7.44. The van der Waals surface area contributed by atoms with Gasteiger partial charge in [0.2, 0.25) is 0 Å². The van der Waals surface area contributed by atoms with Crippen LogP contribution in [-0.4, -0.2) is 23.1 Å². The van der Waals surface area contributed by atoms with Crippen molar-refractivity contribution < 1.29 is 0 Å². The lowest BCUT2D eigenvalue weighted by Crippen LogP contribution is -2.14. The Bertz CT molecular complexity index is 894. The molecular weight excluding hydrogens is 276 g/mol. The summed E-state index contributed by atoms with van der Waals surface area (Å²) in [5.74, 6) is 0. The molecule has 0 bridgehead atoms. The third-order valence-corrected chi connectivity index (χ3v) is 3.71. The lowest BCUT2D eigenvalue weighted by Gasteiger charge is -2.11. The molecule has 5 nitrogen and oxygen atoms in total. The largest absolute Gasteiger partial charge is 0.354 e. The van der Waals surface area contributed by atoms with E-state index in [1.807, 2.05) is 55.3 Å². The van der Waals surface area contributed by atoms with Crippen LogP contribution in [0.15, 0.2) is 57.6 Å². The van der Waals surface area contributed by atoms with Crippen molar-refractivity contribution >= 4 is 27.5 Å².